The van der Waals surface area contributed by atoms with Crippen LogP contribution in [0.25, 0.3) is 11.3 Å². The SMILES string of the molecule is CCOC(=O)c1cc(-c2ccc(C)cc2)n(CCC(=O)Nc2ccc(Cl)cc2)c1C. The van der Waals surface area contributed by atoms with E-state index in [1.165, 1.54) is 0 Å². The Morgan fingerprint density at radius 3 is 2.33 bits per heavy atom. The van der Waals surface area contributed by atoms with E-state index in [1.54, 1.807) is 31.2 Å². The molecule has 1 heterocycles. The Labute approximate surface area is 181 Å². The largest absolute Gasteiger partial charge is 0.462 e. The molecule has 3 aromatic rings. The van der Waals surface area contributed by atoms with E-state index in [-0.39, 0.29) is 18.3 Å². The number of anilines is 1. The highest BCUT2D eigenvalue weighted by Gasteiger charge is 2.20. The molecule has 1 aromatic heterocycles. The van der Waals surface area contributed by atoms with Crippen LogP contribution < -0.4 is 5.32 Å². The van der Waals surface area contributed by atoms with Gasteiger partial charge < -0.3 is 14.6 Å². The molecule has 0 saturated carbocycles. The topological polar surface area (TPSA) is 60.3 Å². The summed E-state index contributed by atoms with van der Waals surface area (Å²) in [5, 5.41) is 3.49. The third-order valence-electron chi connectivity index (χ3n) is 4.90. The summed E-state index contributed by atoms with van der Waals surface area (Å²) in [7, 11) is 0. The minimum atomic E-state index is -0.354. The van der Waals surface area contributed by atoms with E-state index in [0.717, 1.165) is 22.5 Å². The van der Waals surface area contributed by atoms with Gasteiger partial charge in [0, 0.05) is 35.1 Å². The van der Waals surface area contributed by atoms with E-state index < -0.39 is 0 Å². The molecule has 0 aliphatic carbocycles. The Morgan fingerprint density at radius 2 is 1.70 bits per heavy atom. The zero-order valence-electron chi connectivity index (χ0n) is 17.4. The predicted molar refractivity (Wildman–Crippen MR) is 120 cm³/mol. The Bertz CT molecular complexity index is 1040. The first-order valence-corrected chi connectivity index (χ1v) is 10.3. The molecule has 156 valence electrons. The number of ether oxygens (including phenoxy) is 1. The second kappa shape index (κ2) is 9.63. The molecule has 0 radical (unpaired) electrons. The second-order valence-electron chi connectivity index (χ2n) is 7.07. The van der Waals surface area contributed by atoms with Crippen LogP contribution in [0.4, 0.5) is 5.69 Å². The van der Waals surface area contributed by atoms with Gasteiger partial charge in [-0.3, -0.25) is 4.79 Å². The van der Waals surface area contributed by atoms with E-state index in [4.69, 9.17) is 16.3 Å². The number of carbonyl (C=O) groups excluding carboxylic acids is 2. The van der Waals surface area contributed by atoms with Crippen molar-refractivity contribution < 1.29 is 14.3 Å². The molecule has 0 aliphatic heterocycles. The number of hydrogen-bond donors (Lipinski definition) is 1. The summed E-state index contributed by atoms with van der Waals surface area (Å²) in [5.41, 5.74) is 5.02. The van der Waals surface area contributed by atoms with E-state index in [1.807, 2.05) is 48.7 Å². The number of nitrogens with zero attached hydrogens (tertiary/aromatic N) is 1. The third-order valence-corrected chi connectivity index (χ3v) is 5.15. The number of hydrogen-bond acceptors (Lipinski definition) is 3. The van der Waals surface area contributed by atoms with Crippen molar-refractivity contribution in [2.45, 2.75) is 33.7 Å². The number of benzene rings is 2. The molecule has 0 aliphatic rings. The lowest BCUT2D eigenvalue weighted by Gasteiger charge is -2.13. The molecule has 1 amide bonds. The second-order valence-corrected chi connectivity index (χ2v) is 7.51. The number of rotatable bonds is 7. The van der Waals surface area contributed by atoms with Crippen LogP contribution in [-0.2, 0) is 16.1 Å². The van der Waals surface area contributed by atoms with E-state index >= 15 is 0 Å². The molecule has 3 rings (SSSR count). The molecular formula is C24H25ClN2O3. The first-order valence-electron chi connectivity index (χ1n) is 9.88. The molecule has 30 heavy (non-hydrogen) atoms. The summed E-state index contributed by atoms with van der Waals surface area (Å²) in [4.78, 5) is 24.9. The van der Waals surface area contributed by atoms with Gasteiger partial charge in [0.2, 0.25) is 5.91 Å². The maximum Gasteiger partial charge on any atom is 0.339 e. The van der Waals surface area contributed by atoms with Gasteiger partial charge in [0.1, 0.15) is 0 Å². The van der Waals surface area contributed by atoms with Gasteiger partial charge in [0.15, 0.2) is 0 Å². The molecule has 0 bridgehead atoms. The molecular weight excluding hydrogens is 400 g/mol. The number of aromatic nitrogens is 1. The minimum Gasteiger partial charge on any atom is -0.462 e. The van der Waals surface area contributed by atoms with Crippen molar-refractivity contribution in [3.63, 3.8) is 0 Å². The molecule has 0 fully saturated rings. The normalized spacial score (nSPS) is 10.7. The van der Waals surface area contributed by atoms with Crippen LogP contribution in [0.3, 0.4) is 0 Å². The van der Waals surface area contributed by atoms with Crippen LogP contribution >= 0.6 is 11.6 Å². The summed E-state index contributed by atoms with van der Waals surface area (Å²) in [5.74, 6) is -0.467. The molecule has 0 unspecified atom stereocenters. The maximum atomic E-state index is 12.5. The fourth-order valence-corrected chi connectivity index (χ4v) is 3.41. The average molecular weight is 425 g/mol. The number of esters is 1. The number of aryl methyl sites for hydroxylation is 1. The standard InChI is InChI=1S/C24H25ClN2O3/c1-4-30-24(29)21-15-22(18-7-5-16(2)6-8-18)27(17(21)3)14-13-23(28)26-20-11-9-19(25)10-12-20/h5-12,15H,4,13-14H2,1-3H3,(H,26,28). The molecule has 0 saturated heterocycles. The van der Waals surface area contributed by atoms with Crippen LogP contribution in [0.15, 0.2) is 54.6 Å². The van der Waals surface area contributed by atoms with Gasteiger partial charge in [-0.25, -0.2) is 4.79 Å². The molecule has 2 aromatic carbocycles. The number of amides is 1. The Hall–Kier alpha value is -3.05. The first kappa shape index (κ1) is 21.7. The van der Waals surface area contributed by atoms with Crippen LogP contribution in [-0.4, -0.2) is 23.1 Å². The summed E-state index contributed by atoms with van der Waals surface area (Å²) < 4.78 is 7.20. The van der Waals surface area contributed by atoms with Gasteiger partial charge in [0.05, 0.1) is 12.2 Å². The van der Waals surface area contributed by atoms with Crippen LogP contribution in [0.1, 0.15) is 35.0 Å². The summed E-state index contributed by atoms with van der Waals surface area (Å²) in [6.07, 6.45) is 0.263. The van der Waals surface area contributed by atoms with Gasteiger partial charge >= 0.3 is 5.97 Å². The number of halogens is 1. The Balaban J connectivity index is 1.84. The summed E-state index contributed by atoms with van der Waals surface area (Å²) in [6.45, 7) is 6.44. The van der Waals surface area contributed by atoms with E-state index in [0.29, 0.717) is 29.4 Å². The molecule has 0 atom stereocenters. The van der Waals surface area contributed by atoms with E-state index in [2.05, 4.69) is 5.32 Å². The monoisotopic (exact) mass is 424 g/mol. The van der Waals surface area contributed by atoms with Crippen molar-refractivity contribution in [1.82, 2.24) is 4.57 Å². The minimum absolute atomic E-state index is 0.113. The molecule has 1 N–H and O–H groups in total. The van der Waals surface area contributed by atoms with Gasteiger partial charge in [-0.05, 0) is 56.7 Å². The van der Waals surface area contributed by atoms with Gasteiger partial charge in [-0.1, -0.05) is 41.4 Å². The molecule has 0 spiro atoms. The summed E-state index contributed by atoms with van der Waals surface area (Å²) in [6, 6.07) is 16.9. The fraction of sp³-hybridized carbons (Fsp3) is 0.250. The van der Waals surface area contributed by atoms with Gasteiger partial charge in [-0.2, -0.15) is 0 Å². The quantitative estimate of drug-likeness (QED) is 0.500. The zero-order valence-corrected chi connectivity index (χ0v) is 18.1. The van der Waals surface area contributed by atoms with Crippen molar-refractivity contribution in [2.24, 2.45) is 0 Å². The Morgan fingerprint density at radius 1 is 1.03 bits per heavy atom. The first-order chi connectivity index (χ1) is 14.4. The van der Waals surface area contributed by atoms with Crippen LogP contribution in [0, 0.1) is 13.8 Å². The Kier molecular flexibility index (Phi) is 6.95. The van der Waals surface area contributed by atoms with Crippen molar-refractivity contribution in [3.8, 4) is 11.3 Å². The lowest BCUT2D eigenvalue weighted by molar-refractivity contribution is -0.116. The molecule has 6 heteroatoms. The maximum absolute atomic E-state index is 12.5. The van der Waals surface area contributed by atoms with Gasteiger partial charge in [0.25, 0.3) is 0 Å². The lowest BCUT2D eigenvalue weighted by Crippen LogP contribution is -2.16. The van der Waals surface area contributed by atoms with Crippen molar-refractivity contribution in [2.75, 3.05) is 11.9 Å². The lowest BCUT2D eigenvalue weighted by atomic mass is 10.1. The highest BCUT2D eigenvalue weighted by atomic mass is 35.5. The van der Waals surface area contributed by atoms with Crippen molar-refractivity contribution >= 4 is 29.2 Å². The third kappa shape index (κ3) is 5.10. The smallest absolute Gasteiger partial charge is 0.339 e. The summed E-state index contributed by atoms with van der Waals surface area (Å²) >= 11 is 5.89. The van der Waals surface area contributed by atoms with E-state index in [9.17, 15) is 9.59 Å². The molecule has 5 nitrogen and oxygen atoms in total. The predicted octanol–water partition coefficient (Wildman–Crippen LogP) is 5.63. The zero-order chi connectivity index (χ0) is 21.7. The highest BCUT2D eigenvalue weighted by molar-refractivity contribution is 6.30. The van der Waals surface area contributed by atoms with Crippen molar-refractivity contribution in [1.29, 1.82) is 0 Å². The number of carbonyl (C=O) groups is 2. The van der Waals surface area contributed by atoms with Crippen LogP contribution in [0.2, 0.25) is 5.02 Å². The van der Waals surface area contributed by atoms with Crippen LogP contribution in [0.5, 0.6) is 0 Å². The van der Waals surface area contributed by atoms with Crippen molar-refractivity contribution in [3.05, 3.63) is 76.4 Å². The highest BCUT2D eigenvalue weighted by Crippen LogP contribution is 2.27. The number of nitrogens with one attached hydrogen (secondary N) is 1. The fourth-order valence-electron chi connectivity index (χ4n) is 3.28. The van der Waals surface area contributed by atoms with Gasteiger partial charge in [-0.15, -0.1) is 0 Å². The average Bonchev–Trinajstić information content (AvgIpc) is 3.05.